The van der Waals surface area contributed by atoms with Gasteiger partial charge in [-0.2, -0.15) is 0 Å². The average Bonchev–Trinajstić information content (AvgIpc) is 3.31. The fourth-order valence-corrected chi connectivity index (χ4v) is 3.35. The Morgan fingerprint density at radius 2 is 1.62 bits per heavy atom. The Balaban J connectivity index is 1.61. The number of amides is 3. The van der Waals surface area contributed by atoms with E-state index in [1.165, 1.54) is 6.26 Å². The zero-order valence-corrected chi connectivity index (χ0v) is 17.0. The third kappa shape index (κ3) is 4.85. The topological polar surface area (TPSA) is 74.1 Å². The zero-order chi connectivity index (χ0) is 20.8. The van der Waals surface area contributed by atoms with Gasteiger partial charge in [-0.15, -0.1) is 0 Å². The van der Waals surface area contributed by atoms with Crippen LogP contribution in [0.2, 0.25) is 0 Å². The highest BCUT2D eigenvalue weighted by atomic mass is 16.3. The van der Waals surface area contributed by atoms with E-state index >= 15 is 0 Å². The lowest BCUT2D eigenvalue weighted by atomic mass is 10.1. The SMILES string of the molecule is CCCCN(C)C(=O)c1cccc(C(=O)N2CCN(C(=O)c3ccco3)CC2)c1. The van der Waals surface area contributed by atoms with Gasteiger partial charge >= 0.3 is 0 Å². The number of benzene rings is 1. The normalized spacial score (nSPS) is 14.0. The second kappa shape index (κ2) is 9.41. The van der Waals surface area contributed by atoms with Crippen molar-refractivity contribution in [1.29, 1.82) is 0 Å². The summed E-state index contributed by atoms with van der Waals surface area (Å²) < 4.78 is 5.16. The molecular weight excluding hydrogens is 370 g/mol. The van der Waals surface area contributed by atoms with Crippen LogP contribution < -0.4 is 0 Å². The molecule has 3 amide bonds. The minimum Gasteiger partial charge on any atom is -0.459 e. The fraction of sp³-hybridized carbons (Fsp3) is 0.409. The fourth-order valence-electron chi connectivity index (χ4n) is 3.35. The maximum absolute atomic E-state index is 12.9. The van der Waals surface area contributed by atoms with E-state index in [2.05, 4.69) is 6.92 Å². The van der Waals surface area contributed by atoms with Crippen LogP contribution in [0, 0.1) is 0 Å². The Kier molecular flexibility index (Phi) is 6.69. The molecule has 1 aliphatic rings. The first-order valence-electron chi connectivity index (χ1n) is 9.99. The van der Waals surface area contributed by atoms with Crippen LogP contribution in [0.5, 0.6) is 0 Å². The van der Waals surface area contributed by atoms with E-state index in [4.69, 9.17) is 4.42 Å². The number of hydrogen-bond acceptors (Lipinski definition) is 4. The maximum Gasteiger partial charge on any atom is 0.289 e. The van der Waals surface area contributed by atoms with Gasteiger partial charge in [0.1, 0.15) is 0 Å². The van der Waals surface area contributed by atoms with E-state index in [-0.39, 0.29) is 17.7 Å². The third-order valence-corrected chi connectivity index (χ3v) is 5.14. The molecule has 1 aromatic carbocycles. The van der Waals surface area contributed by atoms with Gasteiger partial charge in [-0.25, -0.2) is 0 Å². The van der Waals surface area contributed by atoms with Gasteiger partial charge in [-0.3, -0.25) is 14.4 Å². The van der Waals surface area contributed by atoms with Crippen molar-refractivity contribution in [3.05, 3.63) is 59.5 Å². The Morgan fingerprint density at radius 1 is 0.966 bits per heavy atom. The van der Waals surface area contributed by atoms with Gasteiger partial charge in [-0.05, 0) is 36.8 Å². The minimum atomic E-state index is -0.162. The van der Waals surface area contributed by atoms with Gasteiger partial charge in [-0.1, -0.05) is 19.4 Å². The van der Waals surface area contributed by atoms with Crippen LogP contribution in [-0.4, -0.2) is 72.2 Å². The van der Waals surface area contributed by atoms with Crippen LogP contribution in [0.3, 0.4) is 0 Å². The summed E-state index contributed by atoms with van der Waals surface area (Å²) in [5.74, 6) is -0.0593. The van der Waals surface area contributed by atoms with E-state index in [1.54, 1.807) is 58.1 Å². The highest BCUT2D eigenvalue weighted by Crippen LogP contribution is 2.14. The number of piperazine rings is 1. The molecule has 1 aromatic heterocycles. The number of carbonyl (C=O) groups is 3. The largest absolute Gasteiger partial charge is 0.459 e. The van der Waals surface area contributed by atoms with Gasteiger partial charge in [0.25, 0.3) is 17.7 Å². The predicted molar refractivity (Wildman–Crippen MR) is 109 cm³/mol. The van der Waals surface area contributed by atoms with Crippen molar-refractivity contribution in [3.63, 3.8) is 0 Å². The van der Waals surface area contributed by atoms with Crippen LogP contribution in [0.15, 0.2) is 47.1 Å². The van der Waals surface area contributed by atoms with Crippen molar-refractivity contribution in [2.75, 3.05) is 39.8 Å². The maximum atomic E-state index is 12.9. The molecular formula is C22H27N3O4. The monoisotopic (exact) mass is 397 g/mol. The number of unbranched alkanes of at least 4 members (excludes halogenated alkanes) is 1. The van der Waals surface area contributed by atoms with Crippen molar-refractivity contribution in [1.82, 2.24) is 14.7 Å². The number of carbonyl (C=O) groups excluding carboxylic acids is 3. The van der Waals surface area contributed by atoms with Gasteiger partial charge in [0.05, 0.1) is 6.26 Å². The summed E-state index contributed by atoms with van der Waals surface area (Å²) in [6.45, 7) is 4.56. The van der Waals surface area contributed by atoms with Crippen LogP contribution >= 0.6 is 0 Å². The van der Waals surface area contributed by atoms with Crippen molar-refractivity contribution in [3.8, 4) is 0 Å². The Labute approximate surface area is 170 Å². The zero-order valence-electron chi connectivity index (χ0n) is 17.0. The Hall–Kier alpha value is -3.09. The van der Waals surface area contributed by atoms with Crippen molar-refractivity contribution >= 4 is 17.7 Å². The molecule has 0 bridgehead atoms. The lowest BCUT2D eigenvalue weighted by molar-refractivity contribution is 0.0518. The predicted octanol–water partition coefficient (Wildman–Crippen LogP) is 2.75. The number of hydrogen-bond donors (Lipinski definition) is 0. The molecule has 2 aromatic rings. The lowest BCUT2D eigenvalue weighted by Gasteiger charge is -2.34. The summed E-state index contributed by atoms with van der Waals surface area (Å²) in [5.41, 5.74) is 1.01. The summed E-state index contributed by atoms with van der Waals surface area (Å²) in [7, 11) is 1.78. The molecule has 1 fully saturated rings. The Bertz CT molecular complexity index is 855. The van der Waals surface area contributed by atoms with Gasteiger partial charge < -0.3 is 19.1 Å². The standard InChI is InChI=1S/C22H27N3O4/c1-3-4-10-23(2)20(26)17-7-5-8-18(16-17)21(27)24-11-13-25(14-12-24)22(28)19-9-6-15-29-19/h5-9,15-16H,3-4,10-14H2,1-2H3. The number of nitrogens with zero attached hydrogens (tertiary/aromatic N) is 3. The van der Waals surface area contributed by atoms with E-state index in [9.17, 15) is 14.4 Å². The molecule has 1 saturated heterocycles. The molecule has 3 rings (SSSR count). The molecule has 154 valence electrons. The molecule has 0 unspecified atom stereocenters. The molecule has 2 heterocycles. The van der Waals surface area contributed by atoms with Crippen LogP contribution in [-0.2, 0) is 0 Å². The smallest absolute Gasteiger partial charge is 0.289 e. The molecule has 1 aliphatic heterocycles. The molecule has 0 spiro atoms. The number of furan rings is 1. The number of rotatable bonds is 6. The lowest BCUT2D eigenvalue weighted by Crippen LogP contribution is -2.50. The summed E-state index contributed by atoms with van der Waals surface area (Å²) in [4.78, 5) is 42.9. The second-order valence-corrected chi connectivity index (χ2v) is 7.22. The summed E-state index contributed by atoms with van der Waals surface area (Å²) >= 11 is 0. The van der Waals surface area contributed by atoms with Gasteiger partial charge in [0.2, 0.25) is 0 Å². The molecule has 7 heteroatoms. The quantitative estimate of drug-likeness (QED) is 0.751. The van der Waals surface area contributed by atoms with E-state index in [0.29, 0.717) is 49.6 Å². The van der Waals surface area contributed by atoms with Crippen molar-refractivity contribution < 1.29 is 18.8 Å². The van der Waals surface area contributed by atoms with Gasteiger partial charge in [0.15, 0.2) is 5.76 Å². The van der Waals surface area contributed by atoms with E-state index < -0.39 is 0 Å². The second-order valence-electron chi connectivity index (χ2n) is 7.22. The van der Waals surface area contributed by atoms with Crippen LogP contribution in [0.25, 0.3) is 0 Å². The molecule has 0 aliphatic carbocycles. The molecule has 0 radical (unpaired) electrons. The summed E-state index contributed by atoms with van der Waals surface area (Å²) in [6.07, 6.45) is 3.44. The Morgan fingerprint density at radius 3 is 2.24 bits per heavy atom. The molecule has 0 atom stereocenters. The molecule has 7 nitrogen and oxygen atoms in total. The van der Waals surface area contributed by atoms with Gasteiger partial charge in [0, 0.05) is 50.9 Å². The van der Waals surface area contributed by atoms with Crippen LogP contribution in [0.4, 0.5) is 0 Å². The summed E-state index contributed by atoms with van der Waals surface area (Å²) in [6, 6.07) is 10.2. The minimum absolute atomic E-state index is 0.0815. The van der Waals surface area contributed by atoms with Crippen molar-refractivity contribution in [2.45, 2.75) is 19.8 Å². The molecule has 0 N–H and O–H groups in total. The third-order valence-electron chi connectivity index (χ3n) is 5.14. The van der Waals surface area contributed by atoms with Crippen molar-refractivity contribution in [2.24, 2.45) is 0 Å². The van der Waals surface area contributed by atoms with E-state index in [1.807, 2.05) is 0 Å². The first-order valence-corrected chi connectivity index (χ1v) is 9.99. The first-order chi connectivity index (χ1) is 14.0. The summed E-state index contributed by atoms with van der Waals surface area (Å²) in [5, 5.41) is 0. The van der Waals surface area contributed by atoms with E-state index in [0.717, 1.165) is 12.8 Å². The molecule has 29 heavy (non-hydrogen) atoms. The molecule has 0 saturated carbocycles. The first kappa shape index (κ1) is 20.6. The highest BCUT2D eigenvalue weighted by molar-refractivity contribution is 5.99. The average molecular weight is 397 g/mol. The van der Waals surface area contributed by atoms with Crippen LogP contribution in [0.1, 0.15) is 51.0 Å². The highest BCUT2D eigenvalue weighted by Gasteiger charge is 2.27.